The lowest BCUT2D eigenvalue weighted by Gasteiger charge is -2.30. The van der Waals surface area contributed by atoms with Gasteiger partial charge in [-0.05, 0) is 26.3 Å². The highest BCUT2D eigenvalue weighted by molar-refractivity contribution is 5.72. The van der Waals surface area contributed by atoms with Gasteiger partial charge in [-0.1, -0.05) is 30.3 Å². The van der Waals surface area contributed by atoms with E-state index in [4.69, 9.17) is 9.47 Å². The summed E-state index contributed by atoms with van der Waals surface area (Å²) in [6.45, 7) is 7.24. The topological polar surface area (TPSA) is 79.8 Å². The van der Waals surface area contributed by atoms with Gasteiger partial charge in [-0.2, -0.15) is 0 Å². The highest BCUT2D eigenvalue weighted by Gasteiger charge is 2.46. The van der Waals surface area contributed by atoms with Crippen LogP contribution in [0.15, 0.2) is 36.7 Å². The Morgan fingerprint density at radius 2 is 2.07 bits per heavy atom. The summed E-state index contributed by atoms with van der Waals surface area (Å²) in [5.41, 5.74) is 1.34. The molecule has 2 aliphatic rings. The zero-order valence-electron chi connectivity index (χ0n) is 17.3. The maximum absolute atomic E-state index is 13.0. The van der Waals surface area contributed by atoms with Gasteiger partial charge in [0.25, 0.3) is 0 Å². The molecule has 8 nitrogen and oxygen atoms in total. The summed E-state index contributed by atoms with van der Waals surface area (Å²) in [7, 11) is 1.98. The summed E-state index contributed by atoms with van der Waals surface area (Å²) >= 11 is 0. The monoisotopic (exact) mass is 397 g/mol. The second-order valence-corrected chi connectivity index (χ2v) is 8.41. The van der Waals surface area contributed by atoms with E-state index in [2.05, 4.69) is 27.4 Å². The Bertz CT molecular complexity index is 884. The van der Waals surface area contributed by atoms with E-state index in [1.165, 1.54) is 0 Å². The predicted octanol–water partition coefficient (Wildman–Crippen LogP) is 3.17. The van der Waals surface area contributed by atoms with Gasteiger partial charge in [0.05, 0.1) is 18.2 Å². The van der Waals surface area contributed by atoms with Crippen LogP contribution in [-0.2, 0) is 16.0 Å². The van der Waals surface area contributed by atoms with Crippen molar-refractivity contribution in [3.05, 3.63) is 47.8 Å². The molecule has 0 spiro atoms. The van der Waals surface area contributed by atoms with E-state index in [-0.39, 0.29) is 12.1 Å². The van der Waals surface area contributed by atoms with Crippen LogP contribution in [0.2, 0.25) is 0 Å². The van der Waals surface area contributed by atoms with E-state index in [0.717, 1.165) is 16.9 Å². The normalized spacial score (nSPS) is 20.5. The largest absolute Gasteiger partial charge is 0.444 e. The number of benzene rings is 1. The van der Waals surface area contributed by atoms with Crippen molar-refractivity contribution in [1.82, 2.24) is 14.9 Å². The number of nitrogens with one attached hydrogen (secondary N) is 1. The smallest absolute Gasteiger partial charge is 0.413 e. The number of nitrogens with zero attached hydrogens (tertiary/aromatic N) is 4. The van der Waals surface area contributed by atoms with Gasteiger partial charge in [0, 0.05) is 20.1 Å². The zero-order valence-corrected chi connectivity index (χ0v) is 17.3. The van der Waals surface area contributed by atoms with Crippen molar-refractivity contribution in [2.75, 3.05) is 30.4 Å². The van der Waals surface area contributed by atoms with Crippen LogP contribution in [0.5, 0.6) is 0 Å². The molecule has 2 bridgehead atoms. The van der Waals surface area contributed by atoms with Crippen molar-refractivity contribution in [1.29, 1.82) is 0 Å². The molecule has 8 heteroatoms. The molecular formula is C21H27N5O3. The number of carbonyl (C=O) groups is 1. The minimum atomic E-state index is -0.589. The van der Waals surface area contributed by atoms with Crippen LogP contribution in [0.3, 0.4) is 0 Å². The molecule has 1 N–H and O–H groups in total. The Hall–Kier alpha value is -2.87. The summed E-state index contributed by atoms with van der Waals surface area (Å²) < 4.78 is 11.7. The minimum Gasteiger partial charge on any atom is -0.444 e. The summed E-state index contributed by atoms with van der Waals surface area (Å²) in [6.07, 6.45) is 0.564. The van der Waals surface area contributed by atoms with Gasteiger partial charge in [0.2, 0.25) is 0 Å². The van der Waals surface area contributed by atoms with Crippen LogP contribution in [0.25, 0.3) is 0 Å². The molecule has 2 aromatic rings. The molecule has 0 saturated carbocycles. The number of hydrogen-bond donors (Lipinski definition) is 1. The summed E-state index contributed by atoms with van der Waals surface area (Å²) in [5, 5.41) is 3.36. The zero-order chi connectivity index (χ0) is 20.6. The molecule has 1 unspecified atom stereocenters. The molecule has 29 heavy (non-hydrogen) atoms. The first-order valence-electron chi connectivity index (χ1n) is 9.80. The molecule has 2 aliphatic heterocycles. The molecule has 1 fully saturated rings. The molecule has 3 heterocycles. The number of hydrogen-bond acceptors (Lipinski definition) is 7. The molecule has 1 saturated heterocycles. The predicted molar refractivity (Wildman–Crippen MR) is 110 cm³/mol. The fourth-order valence-electron chi connectivity index (χ4n) is 3.70. The van der Waals surface area contributed by atoms with Crippen LogP contribution < -0.4 is 10.2 Å². The molecule has 0 aliphatic carbocycles. The fourth-order valence-corrected chi connectivity index (χ4v) is 3.70. The lowest BCUT2D eigenvalue weighted by Crippen LogP contribution is -2.43. The number of anilines is 2. The first-order valence-corrected chi connectivity index (χ1v) is 9.80. The van der Waals surface area contributed by atoms with Gasteiger partial charge in [-0.15, -0.1) is 0 Å². The van der Waals surface area contributed by atoms with Gasteiger partial charge >= 0.3 is 6.09 Å². The molecule has 1 aromatic carbocycles. The number of amides is 1. The van der Waals surface area contributed by atoms with Crippen LogP contribution in [-0.4, -0.2) is 52.8 Å². The van der Waals surface area contributed by atoms with Gasteiger partial charge in [-0.3, -0.25) is 4.90 Å². The Morgan fingerprint density at radius 1 is 1.31 bits per heavy atom. The third-order valence-electron chi connectivity index (χ3n) is 4.94. The van der Waals surface area contributed by atoms with Crippen molar-refractivity contribution in [3.8, 4) is 0 Å². The van der Waals surface area contributed by atoms with Crippen molar-refractivity contribution in [3.63, 3.8) is 0 Å². The average molecular weight is 397 g/mol. The van der Waals surface area contributed by atoms with Crippen molar-refractivity contribution < 1.29 is 14.3 Å². The van der Waals surface area contributed by atoms with Gasteiger partial charge in [0.15, 0.2) is 6.23 Å². The van der Waals surface area contributed by atoms with E-state index < -0.39 is 11.8 Å². The SMILES string of the molecule is CN(Cc1ccccc1)c1ncnc2c1C1OC[C@H](CN2)N1C(=O)OC(C)(C)C. The maximum atomic E-state index is 13.0. The maximum Gasteiger partial charge on any atom is 0.413 e. The third-order valence-corrected chi connectivity index (χ3v) is 4.94. The van der Waals surface area contributed by atoms with E-state index in [1.54, 1.807) is 11.2 Å². The van der Waals surface area contributed by atoms with Crippen LogP contribution >= 0.6 is 0 Å². The van der Waals surface area contributed by atoms with Gasteiger partial charge in [0.1, 0.15) is 23.6 Å². The highest BCUT2D eigenvalue weighted by Crippen LogP contribution is 2.41. The first-order chi connectivity index (χ1) is 13.8. The minimum absolute atomic E-state index is 0.128. The van der Waals surface area contributed by atoms with Gasteiger partial charge in [-0.25, -0.2) is 14.8 Å². The summed E-state index contributed by atoms with van der Waals surface area (Å²) in [6, 6.07) is 10.0. The second kappa shape index (κ2) is 7.51. The molecule has 1 aromatic heterocycles. The Morgan fingerprint density at radius 3 is 2.79 bits per heavy atom. The van der Waals surface area contributed by atoms with Crippen molar-refractivity contribution in [2.45, 2.75) is 45.2 Å². The molecular weight excluding hydrogens is 370 g/mol. The van der Waals surface area contributed by atoms with E-state index in [0.29, 0.717) is 25.5 Å². The number of ether oxygens (including phenoxy) is 2. The standard InChI is InChI=1S/C21H27N5O3/c1-21(2,3)29-20(27)26-15-10-22-17-16(19(26)28-12-15)18(24-13-23-17)25(4)11-14-8-6-5-7-9-14/h5-9,13,15,19H,10-12H2,1-4H3,(H,22,23,24)/t15-,19?/m0/s1. The lowest BCUT2D eigenvalue weighted by molar-refractivity contribution is -0.0125. The van der Waals surface area contributed by atoms with E-state index in [9.17, 15) is 4.79 Å². The number of rotatable bonds is 3. The number of fused-ring (bicyclic) bond motifs is 4. The quantitative estimate of drug-likeness (QED) is 0.852. The Balaban J connectivity index is 1.68. The third kappa shape index (κ3) is 3.98. The fraction of sp³-hybridized carbons (Fsp3) is 0.476. The number of aromatic nitrogens is 2. The van der Waals surface area contributed by atoms with Gasteiger partial charge < -0.3 is 19.7 Å². The number of carbonyl (C=O) groups excluding carboxylic acids is 1. The Labute approximate surface area is 170 Å². The summed E-state index contributed by atoms with van der Waals surface area (Å²) in [5.74, 6) is 1.42. The Kier molecular flexibility index (Phi) is 5.04. The first kappa shape index (κ1) is 19.4. The van der Waals surface area contributed by atoms with Crippen molar-refractivity contribution in [2.24, 2.45) is 0 Å². The van der Waals surface area contributed by atoms with E-state index >= 15 is 0 Å². The second-order valence-electron chi connectivity index (χ2n) is 8.41. The molecule has 154 valence electrons. The van der Waals surface area contributed by atoms with Crippen LogP contribution in [0.1, 0.15) is 38.1 Å². The molecule has 0 radical (unpaired) electrons. The van der Waals surface area contributed by atoms with Crippen LogP contribution in [0.4, 0.5) is 16.4 Å². The molecule has 4 rings (SSSR count). The van der Waals surface area contributed by atoms with Crippen LogP contribution in [0, 0.1) is 0 Å². The summed E-state index contributed by atoms with van der Waals surface area (Å²) in [4.78, 5) is 25.6. The molecule has 2 atom stereocenters. The van der Waals surface area contributed by atoms with E-state index in [1.807, 2.05) is 50.9 Å². The molecule has 1 amide bonds. The van der Waals surface area contributed by atoms with Crippen molar-refractivity contribution >= 4 is 17.7 Å². The lowest BCUT2D eigenvalue weighted by atomic mass is 10.1. The average Bonchev–Trinajstić information content (AvgIpc) is 3.00. The highest BCUT2D eigenvalue weighted by atomic mass is 16.6.